The van der Waals surface area contributed by atoms with E-state index < -0.39 is 6.03 Å². The van der Waals surface area contributed by atoms with Crippen molar-refractivity contribution < 1.29 is 4.79 Å². The van der Waals surface area contributed by atoms with Crippen LogP contribution in [0.3, 0.4) is 0 Å². The molecule has 0 aromatic heterocycles. The highest BCUT2D eigenvalue weighted by Gasteiger charge is 2.07. The van der Waals surface area contributed by atoms with Gasteiger partial charge in [0.1, 0.15) is 0 Å². The molecule has 0 N–H and O–H groups in total. The van der Waals surface area contributed by atoms with Gasteiger partial charge in [-0.25, -0.2) is 4.79 Å². The molecular weight excluding hydrogens is 166 g/mol. The molecule has 0 aliphatic carbocycles. The Bertz CT molecular complexity index is 525. The van der Waals surface area contributed by atoms with Crippen molar-refractivity contribution in [3.63, 3.8) is 0 Å². The highest BCUT2D eigenvalue weighted by Crippen LogP contribution is 1.93. The van der Waals surface area contributed by atoms with Crippen LogP contribution in [0.1, 0.15) is 5.56 Å². The summed E-state index contributed by atoms with van der Waals surface area (Å²) in [6, 6.07) is 6.79. The third-order valence-corrected chi connectivity index (χ3v) is 1.79. The Morgan fingerprint density at radius 2 is 2.23 bits per heavy atom. The second-order valence-corrected chi connectivity index (χ2v) is 2.63. The molecule has 2 amide bonds. The molecule has 1 aliphatic rings. The molecule has 0 saturated heterocycles. The fraction of sp³-hybridized carbons (Fsp3) is 0.111. The van der Waals surface area contributed by atoms with E-state index in [4.69, 9.17) is 5.26 Å². The van der Waals surface area contributed by atoms with Crippen LogP contribution in [0.5, 0.6) is 0 Å². The van der Waals surface area contributed by atoms with Gasteiger partial charge in [0.05, 0.1) is 23.2 Å². The molecule has 4 nitrogen and oxygen atoms in total. The molecule has 0 spiro atoms. The molecule has 0 fully saturated rings. The Morgan fingerprint density at radius 1 is 1.38 bits per heavy atom. The fourth-order valence-electron chi connectivity index (χ4n) is 1.25. The van der Waals surface area contributed by atoms with Crippen molar-refractivity contribution in [3.8, 4) is 6.07 Å². The molecule has 1 aromatic rings. The molecule has 0 saturated carbocycles. The average Bonchev–Trinajstić information content (AvgIpc) is 2.47. The lowest BCUT2D eigenvalue weighted by Gasteiger charge is -1.90. The number of nitrogens with zero attached hydrogens (tertiary/aromatic N) is 3. The summed E-state index contributed by atoms with van der Waals surface area (Å²) in [7, 11) is 0. The van der Waals surface area contributed by atoms with Gasteiger partial charge in [-0.2, -0.15) is 15.2 Å². The molecule has 1 aliphatic heterocycles. The quantitative estimate of drug-likeness (QED) is 0.602. The van der Waals surface area contributed by atoms with Gasteiger partial charge in [0.2, 0.25) is 0 Å². The van der Waals surface area contributed by atoms with Crippen LogP contribution in [-0.4, -0.2) is 6.03 Å². The van der Waals surface area contributed by atoms with E-state index in [1.807, 2.05) is 6.07 Å². The normalized spacial score (nSPS) is 12.7. The molecule has 0 bridgehead atoms. The van der Waals surface area contributed by atoms with E-state index in [1.165, 1.54) is 0 Å². The first-order valence-electron chi connectivity index (χ1n) is 3.77. The molecule has 1 heterocycles. The van der Waals surface area contributed by atoms with Crippen molar-refractivity contribution >= 4 is 6.03 Å². The molecule has 62 valence electrons. The largest absolute Gasteiger partial charge is 0.368 e. The van der Waals surface area contributed by atoms with Crippen molar-refractivity contribution in [3.05, 3.63) is 34.5 Å². The van der Waals surface area contributed by atoms with Crippen molar-refractivity contribution in [2.75, 3.05) is 0 Å². The molecular formula is C9H5N3O. The summed E-state index contributed by atoms with van der Waals surface area (Å²) in [6.07, 6.45) is 0.259. The third kappa shape index (κ3) is 1.20. The van der Waals surface area contributed by atoms with Crippen molar-refractivity contribution in [1.82, 2.24) is 0 Å². The fourth-order valence-corrected chi connectivity index (χ4v) is 1.25. The van der Waals surface area contributed by atoms with Gasteiger partial charge in [-0.05, 0) is 11.6 Å². The number of benzene rings is 1. The van der Waals surface area contributed by atoms with Crippen LogP contribution in [-0.2, 0) is 6.42 Å². The second-order valence-electron chi connectivity index (χ2n) is 2.63. The van der Waals surface area contributed by atoms with Gasteiger partial charge in [-0.3, -0.25) is 0 Å². The number of amides is 2. The summed E-state index contributed by atoms with van der Waals surface area (Å²) in [6.45, 7) is 0. The molecule has 0 atom stereocenters. The minimum Gasteiger partial charge on any atom is -0.244 e. The van der Waals surface area contributed by atoms with Crippen LogP contribution < -0.4 is 10.7 Å². The smallest absolute Gasteiger partial charge is 0.244 e. The van der Waals surface area contributed by atoms with Crippen LogP contribution in [0.2, 0.25) is 0 Å². The van der Waals surface area contributed by atoms with Crippen LogP contribution in [0.15, 0.2) is 28.2 Å². The summed E-state index contributed by atoms with van der Waals surface area (Å²) in [5.41, 5.74) is 0.759. The van der Waals surface area contributed by atoms with E-state index in [0.29, 0.717) is 10.7 Å². The lowest BCUT2D eigenvalue weighted by Crippen LogP contribution is -2.25. The lowest BCUT2D eigenvalue weighted by atomic mass is 10.1. The SMILES string of the molecule is N#CCc1cccc2c1=NC(=O)N=2. The Kier molecular flexibility index (Phi) is 1.64. The number of urea groups is 1. The second kappa shape index (κ2) is 2.79. The van der Waals surface area contributed by atoms with E-state index in [1.54, 1.807) is 18.2 Å². The number of para-hydroxylation sites is 1. The third-order valence-electron chi connectivity index (χ3n) is 1.79. The molecule has 2 rings (SSSR count). The van der Waals surface area contributed by atoms with Gasteiger partial charge in [-0.1, -0.05) is 12.1 Å². The maximum absolute atomic E-state index is 10.8. The van der Waals surface area contributed by atoms with Gasteiger partial charge in [0.15, 0.2) is 0 Å². The van der Waals surface area contributed by atoms with Gasteiger partial charge < -0.3 is 0 Å². The Labute approximate surface area is 73.9 Å². The van der Waals surface area contributed by atoms with Gasteiger partial charge in [-0.15, -0.1) is 0 Å². The predicted molar refractivity (Wildman–Crippen MR) is 43.5 cm³/mol. The summed E-state index contributed by atoms with van der Waals surface area (Å²) in [4.78, 5) is 18.2. The van der Waals surface area contributed by atoms with E-state index in [0.717, 1.165) is 5.56 Å². The standard InChI is InChI=1S/C9H5N3O/c10-5-4-6-2-1-3-7-8(6)12-9(13)11-7/h1-3H,4H2. The summed E-state index contributed by atoms with van der Waals surface area (Å²) in [5, 5.41) is 9.63. The van der Waals surface area contributed by atoms with Crippen LogP contribution in [0, 0.1) is 11.3 Å². The number of carbonyl (C=O) groups is 1. The first kappa shape index (κ1) is 7.62. The van der Waals surface area contributed by atoms with Gasteiger partial charge in [0, 0.05) is 0 Å². The van der Waals surface area contributed by atoms with Gasteiger partial charge in [0.25, 0.3) is 0 Å². The molecule has 0 unspecified atom stereocenters. The Morgan fingerprint density at radius 3 is 3.00 bits per heavy atom. The molecule has 13 heavy (non-hydrogen) atoms. The van der Waals surface area contributed by atoms with E-state index in [-0.39, 0.29) is 6.42 Å². The Hall–Kier alpha value is -2.02. The Balaban J connectivity index is 2.74. The average molecular weight is 171 g/mol. The van der Waals surface area contributed by atoms with Crippen LogP contribution >= 0.6 is 0 Å². The highest BCUT2D eigenvalue weighted by atomic mass is 16.2. The van der Waals surface area contributed by atoms with Crippen LogP contribution in [0.25, 0.3) is 0 Å². The van der Waals surface area contributed by atoms with E-state index in [9.17, 15) is 4.79 Å². The zero-order chi connectivity index (χ0) is 9.26. The number of nitriles is 1. The van der Waals surface area contributed by atoms with Crippen molar-refractivity contribution in [2.24, 2.45) is 9.98 Å². The number of hydrogen-bond acceptors (Lipinski definition) is 2. The molecule has 4 heteroatoms. The maximum Gasteiger partial charge on any atom is 0.368 e. The van der Waals surface area contributed by atoms with E-state index >= 15 is 0 Å². The maximum atomic E-state index is 10.8. The molecule has 1 aromatic carbocycles. The van der Waals surface area contributed by atoms with Gasteiger partial charge >= 0.3 is 6.03 Å². The number of carbonyl (C=O) groups excluding carboxylic acids is 1. The topological polar surface area (TPSA) is 65.6 Å². The zero-order valence-corrected chi connectivity index (χ0v) is 6.69. The molecule has 0 radical (unpaired) electrons. The van der Waals surface area contributed by atoms with Crippen molar-refractivity contribution in [2.45, 2.75) is 6.42 Å². The first-order valence-corrected chi connectivity index (χ1v) is 3.77. The number of hydrogen-bond donors (Lipinski definition) is 0. The number of rotatable bonds is 1. The summed E-state index contributed by atoms with van der Waals surface area (Å²) < 4.78 is 0. The summed E-state index contributed by atoms with van der Waals surface area (Å²) in [5.74, 6) is 0. The van der Waals surface area contributed by atoms with Crippen LogP contribution in [0.4, 0.5) is 4.79 Å². The number of fused-ring (bicyclic) bond motifs is 1. The monoisotopic (exact) mass is 171 g/mol. The van der Waals surface area contributed by atoms with Crippen molar-refractivity contribution in [1.29, 1.82) is 5.26 Å². The highest BCUT2D eigenvalue weighted by molar-refractivity contribution is 5.77. The minimum absolute atomic E-state index is 0.259. The predicted octanol–water partition coefficient (Wildman–Crippen LogP) is 0.125. The lowest BCUT2D eigenvalue weighted by molar-refractivity contribution is 0.256. The first-order chi connectivity index (χ1) is 6.31. The minimum atomic E-state index is -0.486. The van der Waals surface area contributed by atoms with E-state index in [2.05, 4.69) is 9.98 Å². The zero-order valence-electron chi connectivity index (χ0n) is 6.69. The summed E-state index contributed by atoms with van der Waals surface area (Å²) >= 11 is 0.